The first-order valence-corrected chi connectivity index (χ1v) is 8.79. The van der Waals surface area contributed by atoms with Crippen LogP contribution in [-0.4, -0.2) is 17.5 Å². The molecule has 0 saturated carbocycles. The van der Waals surface area contributed by atoms with Crippen LogP contribution in [0, 0.1) is 24.3 Å². The van der Waals surface area contributed by atoms with Crippen LogP contribution in [-0.2, 0) is 11.3 Å². The molecule has 0 N–H and O–H groups in total. The molecule has 120 valence electrons. The Bertz CT molecular complexity index is 737. The normalized spacial score (nSPS) is 17.5. The topological polar surface area (TPSA) is 29.5 Å². The van der Waals surface area contributed by atoms with E-state index in [4.69, 9.17) is 4.74 Å². The van der Waals surface area contributed by atoms with Gasteiger partial charge in [0.05, 0.1) is 13.1 Å². The van der Waals surface area contributed by atoms with Crippen LogP contribution in [0.5, 0.6) is 0 Å². The number of aryl methyl sites for hydroxylation is 3. The maximum atomic E-state index is 12.2. The molecule has 4 heteroatoms. The largest absolute Gasteiger partial charge is 0.439 e. The van der Waals surface area contributed by atoms with Gasteiger partial charge in [-0.2, -0.15) is 0 Å². The first-order valence-electron chi connectivity index (χ1n) is 7.71. The van der Waals surface area contributed by atoms with E-state index in [-0.39, 0.29) is 12.2 Å². The van der Waals surface area contributed by atoms with Crippen molar-refractivity contribution in [2.24, 2.45) is 0 Å². The van der Waals surface area contributed by atoms with Crippen LogP contribution in [0.25, 0.3) is 0 Å². The number of carbonyl (C=O) groups is 1. The van der Waals surface area contributed by atoms with E-state index in [9.17, 15) is 4.79 Å². The maximum Gasteiger partial charge on any atom is 0.410 e. The molecule has 1 saturated heterocycles. The summed E-state index contributed by atoms with van der Waals surface area (Å²) in [5, 5.41) is 0. The second-order valence-corrected chi connectivity index (χ2v) is 7.43. The molecule has 1 unspecified atom stereocenters. The van der Waals surface area contributed by atoms with Gasteiger partial charge in [-0.1, -0.05) is 47.0 Å². The number of halogens is 1. The monoisotopic (exact) mass is 421 g/mol. The van der Waals surface area contributed by atoms with Gasteiger partial charge in [0.25, 0.3) is 0 Å². The van der Waals surface area contributed by atoms with Crippen LogP contribution in [0.3, 0.4) is 0 Å². The highest BCUT2D eigenvalue weighted by Crippen LogP contribution is 2.29. The van der Waals surface area contributed by atoms with E-state index in [1.165, 1.54) is 25.8 Å². The Balaban J connectivity index is 1.78. The molecule has 1 amide bonds. The van der Waals surface area contributed by atoms with Crippen molar-refractivity contribution in [3.05, 3.63) is 67.8 Å². The third kappa shape index (κ3) is 3.68. The molecule has 1 aliphatic rings. The predicted octanol–water partition coefficient (Wildman–Crippen LogP) is 4.91. The minimum absolute atomic E-state index is 0.177. The SMILES string of the molecule is Cc1cc(C)cc(C2CN(Cc3cc(C)ccc3I)C(=O)O2)c1. The molecule has 1 atom stereocenters. The van der Waals surface area contributed by atoms with Crippen molar-refractivity contribution >= 4 is 28.7 Å². The summed E-state index contributed by atoms with van der Waals surface area (Å²) in [5.74, 6) is 0. The summed E-state index contributed by atoms with van der Waals surface area (Å²) >= 11 is 2.32. The molecule has 23 heavy (non-hydrogen) atoms. The van der Waals surface area contributed by atoms with Crippen molar-refractivity contribution in [1.29, 1.82) is 0 Å². The molecule has 3 rings (SSSR count). The van der Waals surface area contributed by atoms with E-state index in [0.717, 1.165) is 5.56 Å². The number of nitrogens with zero attached hydrogens (tertiary/aromatic N) is 1. The molecule has 3 nitrogen and oxygen atoms in total. The summed E-state index contributed by atoms with van der Waals surface area (Å²) in [4.78, 5) is 14.0. The number of rotatable bonds is 3. The number of amides is 1. The fourth-order valence-electron chi connectivity index (χ4n) is 3.04. The van der Waals surface area contributed by atoms with Crippen molar-refractivity contribution in [3.8, 4) is 0 Å². The lowest BCUT2D eigenvalue weighted by atomic mass is 10.0. The Hall–Kier alpha value is -1.56. The van der Waals surface area contributed by atoms with Crippen LogP contribution >= 0.6 is 22.6 Å². The second kappa shape index (κ2) is 6.51. The highest BCUT2D eigenvalue weighted by molar-refractivity contribution is 14.1. The van der Waals surface area contributed by atoms with Crippen LogP contribution < -0.4 is 0 Å². The summed E-state index contributed by atoms with van der Waals surface area (Å²) in [6.07, 6.45) is -0.407. The molecular weight excluding hydrogens is 401 g/mol. The summed E-state index contributed by atoms with van der Waals surface area (Å²) in [6.45, 7) is 7.41. The van der Waals surface area contributed by atoms with E-state index < -0.39 is 0 Å². The van der Waals surface area contributed by atoms with Crippen molar-refractivity contribution in [2.45, 2.75) is 33.4 Å². The van der Waals surface area contributed by atoms with Crippen LogP contribution in [0.2, 0.25) is 0 Å². The summed E-state index contributed by atoms with van der Waals surface area (Å²) in [5.41, 5.74) is 5.85. The highest BCUT2D eigenvalue weighted by atomic mass is 127. The molecule has 0 radical (unpaired) electrons. The van der Waals surface area contributed by atoms with Crippen molar-refractivity contribution in [2.75, 3.05) is 6.54 Å². The zero-order valence-corrected chi connectivity index (χ0v) is 15.8. The maximum absolute atomic E-state index is 12.2. The minimum Gasteiger partial charge on any atom is -0.439 e. The molecule has 1 aliphatic heterocycles. The number of cyclic esters (lactones) is 1. The summed E-state index contributed by atoms with van der Waals surface area (Å²) in [6, 6.07) is 12.7. The predicted molar refractivity (Wildman–Crippen MR) is 99.4 cm³/mol. The van der Waals surface area contributed by atoms with E-state index in [1.807, 2.05) is 0 Å². The number of benzene rings is 2. The average Bonchev–Trinajstić information content (AvgIpc) is 2.83. The lowest BCUT2D eigenvalue weighted by Crippen LogP contribution is -2.24. The van der Waals surface area contributed by atoms with Gasteiger partial charge in [0.15, 0.2) is 0 Å². The Morgan fingerprint density at radius 1 is 1.09 bits per heavy atom. The molecule has 0 spiro atoms. The third-order valence-electron chi connectivity index (χ3n) is 4.07. The van der Waals surface area contributed by atoms with E-state index >= 15 is 0 Å². The third-order valence-corrected chi connectivity index (χ3v) is 5.12. The van der Waals surface area contributed by atoms with Gasteiger partial charge in [-0.3, -0.25) is 4.90 Å². The fraction of sp³-hybridized carbons (Fsp3) is 0.316. The Morgan fingerprint density at radius 3 is 2.48 bits per heavy atom. The van der Waals surface area contributed by atoms with E-state index in [1.54, 1.807) is 4.90 Å². The summed E-state index contributed by atoms with van der Waals surface area (Å²) < 4.78 is 6.77. The smallest absolute Gasteiger partial charge is 0.410 e. The molecule has 1 fully saturated rings. The van der Waals surface area contributed by atoms with Gasteiger partial charge < -0.3 is 4.74 Å². The zero-order chi connectivity index (χ0) is 16.6. The molecule has 2 aromatic rings. The molecule has 0 aliphatic carbocycles. The number of ether oxygens (including phenoxy) is 1. The lowest BCUT2D eigenvalue weighted by molar-refractivity contribution is 0.132. The fourth-order valence-corrected chi connectivity index (χ4v) is 3.54. The standard InChI is InChI=1S/C19H20INO2/c1-12-4-5-17(20)16(7-12)10-21-11-18(23-19(21)22)15-8-13(2)6-14(3)9-15/h4-9,18H,10-11H2,1-3H3. The zero-order valence-electron chi connectivity index (χ0n) is 13.6. The van der Waals surface area contributed by atoms with Crippen LogP contribution in [0.15, 0.2) is 36.4 Å². The van der Waals surface area contributed by atoms with Gasteiger partial charge in [-0.15, -0.1) is 0 Å². The summed E-state index contributed by atoms with van der Waals surface area (Å²) in [7, 11) is 0. The lowest BCUT2D eigenvalue weighted by Gasteiger charge is -2.15. The first-order chi connectivity index (χ1) is 10.9. The van der Waals surface area contributed by atoms with Gasteiger partial charge in [-0.05, 0) is 60.6 Å². The molecular formula is C19H20INO2. The molecule has 0 bridgehead atoms. The number of hydrogen-bond acceptors (Lipinski definition) is 2. The van der Waals surface area contributed by atoms with Gasteiger partial charge in [0.1, 0.15) is 6.10 Å². The molecule has 1 heterocycles. The Morgan fingerprint density at radius 2 is 1.78 bits per heavy atom. The average molecular weight is 421 g/mol. The quantitative estimate of drug-likeness (QED) is 0.660. The van der Waals surface area contributed by atoms with Crippen LogP contribution in [0.4, 0.5) is 4.79 Å². The van der Waals surface area contributed by atoms with E-state index in [2.05, 4.69) is 79.8 Å². The Labute approximate surface area is 150 Å². The van der Waals surface area contributed by atoms with Crippen molar-refractivity contribution in [1.82, 2.24) is 4.90 Å². The number of hydrogen-bond donors (Lipinski definition) is 0. The second-order valence-electron chi connectivity index (χ2n) is 6.27. The van der Waals surface area contributed by atoms with Crippen LogP contribution in [0.1, 0.15) is 33.9 Å². The van der Waals surface area contributed by atoms with Gasteiger partial charge in [-0.25, -0.2) is 4.79 Å². The minimum atomic E-state index is -0.230. The van der Waals surface area contributed by atoms with Crippen molar-refractivity contribution < 1.29 is 9.53 Å². The van der Waals surface area contributed by atoms with Crippen molar-refractivity contribution in [3.63, 3.8) is 0 Å². The van der Waals surface area contributed by atoms with Gasteiger partial charge in [0, 0.05) is 3.57 Å². The highest BCUT2D eigenvalue weighted by Gasteiger charge is 2.32. The molecule has 0 aromatic heterocycles. The number of carbonyl (C=O) groups excluding carboxylic acids is 1. The van der Waals surface area contributed by atoms with Gasteiger partial charge >= 0.3 is 6.09 Å². The van der Waals surface area contributed by atoms with Gasteiger partial charge in [0.2, 0.25) is 0 Å². The first kappa shape index (κ1) is 16.3. The Kier molecular flexibility index (Phi) is 4.62. The molecule has 2 aromatic carbocycles. The van der Waals surface area contributed by atoms with E-state index in [0.29, 0.717) is 13.1 Å².